The Kier molecular flexibility index (Phi) is 5.61. The lowest BCUT2D eigenvalue weighted by atomic mass is 9.89. The summed E-state index contributed by atoms with van der Waals surface area (Å²) in [6.45, 7) is 3.36. The molecule has 0 bridgehead atoms. The third-order valence-electron chi connectivity index (χ3n) is 4.57. The SMILES string of the molecule is Cc1cnc(C(=O)OCC(=O)N[C@H](C)c2ccc3c(c2)CCCC3)cn1. The molecule has 1 aromatic carbocycles. The largest absolute Gasteiger partial charge is 0.451 e. The Morgan fingerprint density at radius 3 is 2.65 bits per heavy atom. The first-order valence-electron chi connectivity index (χ1n) is 8.90. The number of hydrogen-bond acceptors (Lipinski definition) is 5. The van der Waals surface area contributed by atoms with Crippen LogP contribution in [0, 0.1) is 6.92 Å². The van der Waals surface area contributed by atoms with Gasteiger partial charge in [-0.25, -0.2) is 9.78 Å². The van der Waals surface area contributed by atoms with Gasteiger partial charge in [0.2, 0.25) is 0 Å². The fraction of sp³-hybridized carbons (Fsp3) is 0.400. The summed E-state index contributed by atoms with van der Waals surface area (Å²) < 4.78 is 5.00. The summed E-state index contributed by atoms with van der Waals surface area (Å²) in [4.78, 5) is 31.9. The molecule has 0 fully saturated rings. The van der Waals surface area contributed by atoms with E-state index in [1.165, 1.54) is 36.4 Å². The minimum atomic E-state index is -0.658. The van der Waals surface area contributed by atoms with Crippen LogP contribution in [0.4, 0.5) is 0 Å². The van der Waals surface area contributed by atoms with Crippen molar-refractivity contribution in [2.45, 2.75) is 45.6 Å². The van der Waals surface area contributed by atoms with Crippen molar-refractivity contribution in [1.29, 1.82) is 0 Å². The number of rotatable bonds is 5. The maximum absolute atomic E-state index is 12.1. The van der Waals surface area contributed by atoms with Gasteiger partial charge in [-0.1, -0.05) is 18.2 Å². The van der Waals surface area contributed by atoms with Crippen LogP contribution < -0.4 is 5.32 Å². The Morgan fingerprint density at radius 1 is 1.15 bits per heavy atom. The van der Waals surface area contributed by atoms with Gasteiger partial charge in [-0.3, -0.25) is 9.78 Å². The van der Waals surface area contributed by atoms with E-state index in [4.69, 9.17) is 4.74 Å². The fourth-order valence-corrected chi connectivity index (χ4v) is 3.09. The molecule has 136 valence electrons. The van der Waals surface area contributed by atoms with E-state index in [1.54, 1.807) is 6.92 Å². The lowest BCUT2D eigenvalue weighted by Crippen LogP contribution is -2.31. The molecule has 0 spiro atoms. The van der Waals surface area contributed by atoms with Crippen LogP contribution in [0.5, 0.6) is 0 Å². The van der Waals surface area contributed by atoms with Crippen LogP contribution in [0.3, 0.4) is 0 Å². The van der Waals surface area contributed by atoms with Crippen molar-refractivity contribution < 1.29 is 14.3 Å². The predicted molar refractivity (Wildman–Crippen MR) is 96.7 cm³/mol. The highest BCUT2D eigenvalue weighted by Crippen LogP contribution is 2.24. The fourth-order valence-electron chi connectivity index (χ4n) is 3.09. The summed E-state index contributed by atoms with van der Waals surface area (Å²) in [5, 5.41) is 2.87. The highest BCUT2D eigenvalue weighted by molar-refractivity contribution is 5.89. The monoisotopic (exact) mass is 353 g/mol. The average molecular weight is 353 g/mol. The molecule has 1 aromatic heterocycles. The van der Waals surface area contributed by atoms with Gasteiger partial charge in [-0.05, 0) is 56.2 Å². The Bertz CT molecular complexity index is 802. The van der Waals surface area contributed by atoms with Gasteiger partial charge in [0.15, 0.2) is 12.3 Å². The van der Waals surface area contributed by atoms with E-state index >= 15 is 0 Å². The summed E-state index contributed by atoms with van der Waals surface area (Å²) in [6, 6.07) is 6.24. The number of aryl methyl sites for hydroxylation is 3. The summed E-state index contributed by atoms with van der Waals surface area (Å²) >= 11 is 0. The van der Waals surface area contributed by atoms with Gasteiger partial charge in [0, 0.05) is 6.20 Å². The highest BCUT2D eigenvalue weighted by Gasteiger charge is 2.16. The third kappa shape index (κ3) is 4.45. The zero-order valence-electron chi connectivity index (χ0n) is 15.1. The van der Waals surface area contributed by atoms with Gasteiger partial charge < -0.3 is 10.1 Å². The molecule has 0 unspecified atom stereocenters. The van der Waals surface area contributed by atoms with Gasteiger partial charge in [-0.2, -0.15) is 0 Å². The minimum absolute atomic E-state index is 0.0890. The van der Waals surface area contributed by atoms with Crippen LogP contribution in [0.2, 0.25) is 0 Å². The van der Waals surface area contributed by atoms with Gasteiger partial charge in [-0.15, -0.1) is 0 Å². The van der Waals surface area contributed by atoms with Gasteiger partial charge in [0.25, 0.3) is 5.91 Å². The Morgan fingerprint density at radius 2 is 1.92 bits per heavy atom. The van der Waals surface area contributed by atoms with E-state index in [1.807, 2.05) is 6.92 Å². The van der Waals surface area contributed by atoms with Crippen LogP contribution in [0.25, 0.3) is 0 Å². The van der Waals surface area contributed by atoms with Crippen molar-refractivity contribution in [1.82, 2.24) is 15.3 Å². The topological polar surface area (TPSA) is 81.2 Å². The molecular formula is C20H23N3O3. The number of esters is 1. The number of aromatic nitrogens is 2. The molecule has 1 aliphatic carbocycles. The Balaban J connectivity index is 1.52. The molecular weight excluding hydrogens is 330 g/mol. The number of carbonyl (C=O) groups excluding carboxylic acids is 2. The summed E-state index contributed by atoms with van der Waals surface area (Å²) in [5.74, 6) is -1.00. The van der Waals surface area contributed by atoms with Crippen LogP contribution in [-0.4, -0.2) is 28.5 Å². The quantitative estimate of drug-likeness (QED) is 0.836. The van der Waals surface area contributed by atoms with Crippen LogP contribution in [-0.2, 0) is 22.4 Å². The number of amides is 1. The van der Waals surface area contributed by atoms with Gasteiger partial charge in [0.05, 0.1) is 17.9 Å². The molecule has 1 amide bonds. The number of carbonyl (C=O) groups is 2. The van der Waals surface area contributed by atoms with Crippen molar-refractivity contribution >= 4 is 11.9 Å². The molecule has 0 aliphatic heterocycles. The van der Waals surface area contributed by atoms with Crippen LogP contribution >= 0.6 is 0 Å². The summed E-state index contributed by atoms with van der Waals surface area (Å²) in [5.41, 5.74) is 4.64. The maximum Gasteiger partial charge on any atom is 0.359 e. The summed E-state index contributed by atoms with van der Waals surface area (Å²) in [7, 11) is 0. The lowest BCUT2D eigenvalue weighted by Gasteiger charge is -2.20. The molecule has 26 heavy (non-hydrogen) atoms. The van der Waals surface area contributed by atoms with Gasteiger partial charge in [0.1, 0.15) is 0 Å². The molecule has 6 heteroatoms. The first kappa shape index (κ1) is 18.0. The molecule has 1 aliphatic rings. The standard InChI is InChI=1S/C20H23N3O3/c1-13-10-22-18(11-21-13)20(25)26-12-19(24)23-14(2)16-8-7-15-5-3-4-6-17(15)9-16/h7-11,14H,3-6,12H2,1-2H3,(H,23,24)/t14-/m1/s1. The zero-order valence-corrected chi connectivity index (χ0v) is 15.1. The number of nitrogens with one attached hydrogen (secondary N) is 1. The van der Waals surface area contributed by atoms with E-state index in [2.05, 4.69) is 33.5 Å². The van der Waals surface area contributed by atoms with Crippen molar-refractivity contribution in [3.8, 4) is 0 Å². The zero-order chi connectivity index (χ0) is 18.5. The molecule has 2 aromatic rings. The lowest BCUT2D eigenvalue weighted by molar-refractivity contribution is -0.124. The second-order valence-corrected chi connectivity index (χ2v) is 6.64. The van der Waals surface area contributed by atoms with Gasteiger partial charge >= 0.3 is 5.97 Å². The number of nitrogens with zero attached hydrogens (tertiary/aromatic N) is 2. The smallest absolute Gasteiger partial charge is 0.359 e. The van der Waals surface area contributed by atoms with Crippen molar-refractivity contribution in [2.75, 3.05) is 6.61 Å². The molecule has 6 nitrogen and oxygen atoms in total. The molecule has 1 atom stereocenters. The van der Waals surface area contributed by atoms with E-state index in [-0.39, 0.29) is 24.2 Å². The molecule has 0 saturated carbocycles. The molecule has 3 rings (SSSR count). The van der Waals surface area contributed by atoms with Crippen LogP contribution in [0.1, 0.15) is 58.7 Å². The third-order valence-corrected chi connectivity index (χ3v) is 4.57. The van der Waals surface area contributed by atoms with Crippen molar-refractivity contribution in [3.63, 3.8) is 0 Å². The number of fused-ring (bicyclic) bond motifs is 1. The first-order chi connectivity index (χ1) is 12.5. The Labute approximate surface area is 153 Å². The number of hydrogen-bond donors (Lipinski definition) is 1. The molecule has 1 heterocycles. The molecule has 1 N–H and O–H groups in total. The summed E-state index contributed by atoms with van der Waals surface area (Å²) in [6.07, 6.45) is 7.51. The van der Waals surface area contributed by atoms with E-state index in [9.17, 15) is 9.59 Å². The van der Waals surface area contributed by atoms with Crippen molar-refractivity contribution in [3.05, 3.63) is 58.7 Å². The second kappa shape index (κ2) is 8.08. The molecule has 0 saturated heterocycles. The minimum Gasteiger partial charge on any atom is -0.451 e. The number of benzene rings is 1. The van der Waals surface area contributed by atoms with E-state index < -0.39 is 5.97 Å². The van der Waals surface area contributed by atoms with E-state index in [0.717, 1.165) is 18.4 Å². The normalized spacial score (nSPS) is 14.2. The maximum atomic E-state index is 12.1. The van der Waals surface area contributed by atoms with Crippen molar-refractivity contribution in [2.24, 2.45) is 0 Å². The first-order valence-corrected chi connectivity index (χ1v) is 8.90. The number of ether oxygens (including phenoxy) is 1. The Hall–Kier alpha value is -2.76. The molecule has 0 radical (unpaired) electrons. The second-order valence-electron chi connectivity index (χ2n) is 6.64. The predicted octanol–water partition coefficient (Wildman–Crippen LogP) is 2.70. The van der Waals surface area contributed by atoms with E-state index in [0.29, 0.717) is 5.69 Å². The average Bonchev–Trinajstić information content (AvgIpc) is 2.66. The van der Waals surface area contributed by atoms with Crippen LogP contribution in [0.15, 0.2) is 30.6 Å². The highest BCUT2D eigenvalue weighted by atomic mass is 16.5.